The van der Waals surface area contributed by atoms with Crippen LogP contribution in [0.15, 0.2) is 18.2 Å². The Hall–Kier alpha value is -4.64. The SMILES string of the molecule is CCN1CCN(C(=O)NC(C(=O)N[C@H]2Cc3ccc(F)c(C(=O)O)c3OB2O)c2cc(F)c(O)c(O)c2Cl)C(=O)C1=O. The molecule has 222 valence electrons. The Bertz CT molecular complexity index is 1510. The summed E-state index contributed by atoms with van der Waals surface area (Å²) in [4.78, 5) is 64.5. The van der Waals surface area contributed by atoms with Crippen molar-refractivity contribution in [1.82, 2.24) is 20.4 Å². The van der Waals surface area contributed by atoms with Crippen LogP contribution in [0.1, 0.15) is 34.5 Å². The van der Waals surface area contributed by atoms with E-state index in [1.165, 1.54) is 11.0 Å². The zero-order valence-electron chi connectivity index (χ0n) is 21.6. The maximum atomic E-state index is 14.4. The van der Waals surface area contributed by atoms with Gasteiger partial charge in [0.15, 0.2) is 17.3 Å². The van der Waals surface area contributed by atoms with Crippen LogP contribution in [0.25, 0.3) is 0 Å². The van der Waals surface area contributed by atoms with E-state index in [0.717, 1.165) is 6.07 Å². The zero-order chi connectivity index (χ0) is 31.0. The van der Waals surface area contributed by atoms with Crippen LogP contribution in [0.2, 0.25) is 5.02 Å². The molecule has 0 saturated carbocycles. The number of nitrogens with zero attached hydrogens (tertiary/aromatic N) is 2. The van der Waals surface area contributed by atoms with Crippen molar-refractivity contribution in [3.05, 3.63) is 51.5 Å². The average molecular weight is 611 g/mol. The van der Waals surface area contributed by atoms with Crippen LogP contribution in [0.5, 0.6) is 17.2 Å². The molecule has 42 heavy (non-hydrogen) atoms. The van der Waals surface area contributed by atoms with Crippen LogP contribution >= 0.6 is 11.6 Å². The molecule has 6 N–H and O–H groups in total. The van der Waals surface area contributed by atoms with Gasteiger partial charge in [-0.05, 0) is 31.0 Å². The topological polar surface area (TPSA) is 206 Å². The number of phenols is 2. The standard InChI is InChI=1S/C24H22BClF2N4O10/c1-2-31-5-6-32(22(37)21(31)36)24(40)30-16(10-8-12(28)17(33)18(34)15(10)26)20(35)29-13-7-9-3-4-11(27)14(23(38)39)19(9)42-25(13)41/h3-4,8,13,16,33-34,41H,2,5-7H2,1H3,(H,29,35)(H,30,40)(H,38,39)/t13-,16?/m0/s1. The Morgan fingerprint density at radius 2 is 1.83 bits per heavy atom. The Labute approximate surface area is 240 Å². The highest BCUT2D eigenvalue weighted by molar-refractivity contribution is 6.47. The summed E-state index contributed by atoms with van der Waals surface area (Å²) in [6, 6.07) is -0.696. The molecule has 0 aliphatic carbocycles. The van der Waals surface area contributed by atoms with Gasteiger partial charge in [-0.3, -0.25) is 19.3 Å². The molecule has 0 bridgehead atoms. The van der Waals surface area contributed by atoms with Crippen LogP contribution in [0.4, 0.5) is 13.6 Å². The van der Waals surface area contributed by atoms with E-state index in [-0.39, 0.29) is 31.6 Å². The normalized spacial score (nSPS) is 17.4. The number of urea groups is 1. The second kappa shape index (κ2) is 11.7. The molecule has 0 aromatic heterocycles. The quantitative estimate of drug-likeness (QED) is 0.150. The molecular formula is C24H22BClF2N4O10. The van der Waals surface area contributed by atoms with E-state index in [2.05, 4.69) is 10.6 Å². The number of hydrogen-bond donors (Lipinski definition) is 6. The Balaban J connectivity index is 1.65. The number of carbonyl (C=O) groups excluding carboxylic acids is 4. The Morgan fingerprint density at radius 1 is 1.14 bits per heavy atom. The monoisotopic (exact) mass is 610 g/mol. The number of halogens is 3. The highest BCUT2D eigenvalue weighted by Crippen LogP contribution is 2.40. The van der Waals surface area contributed by atoms with E-state index in [4.69, 9.17) is 16.3 Å². The lowest BCUT2D eigenvalue weighted by molar-refractivity contribution is -0.153. The van der Waals surface area contributed by atoms with E-state index in [1.807, 2.05) is 0 Å². The molecular weight excluding hydrogens is 589 g/mol. The third-order valence-electron chi connectivity index (χ3n) is 6.72. The fourth-order valence-corrected chi connectivity index (χ4v) is 4.77. The van der Waals surface area contributed by atoms with Gasteiger partial charge in [-0.2, -0.15) is 0 Å². The van der Waals surface area contributed by atoms with Crippen molar-refractivity contribution in [2.75, 3.05) is 19.6 Å². The number of benzene rings is 2. The molecule has 2 atom stereocenters. The number of hydrogen-bond acceptors (Lipinski definition) is 9. The lowest BCUT2D eigenvalue weighted by atomic mass is 9.72. The fourth-order valence-electron chi connectivity index (χ4n) is 4.51. The number of rotatable bonds is 6. The molecule has 1 fully saturated rings. The third-order valence-corrected chi connectivity index (χ3v) is 7.12. The van der Waals surface area contributed by atoms with Crippen molar-refractivity contribution in [3.8, 4) is 17.2 Å². The van der Waals surface area contributed by atoms with Crippen molar-refractivity contribution >= 4 is 48.4 Å². The van der Waals surface area contributed by atoms with Crippen molar-refractivity contribution in [2.24, 2.45) is 0 Å². The summed E-state index contributed by atoms with van der Waals surface area (Å²) in [5.74, 6) is -11.8. The number of likely N-dealkylation sites (N-methyl/N-ethyl adjacent to an activating group) is 1. The number of imide groups is 1. The number of piperazine rings is 1. The Morgan fingerprint density at radius 3 is 2.48 bits per heavy atom. The number of phenolic OH excluding ortho intramolecular Hbond substituents is 2. The summed E-state index contributed by atoms with van der Waals surface area (Å²) in [6.07, 6.45) is -0.293. The number of carboxylic acids is 1. The van der Waals surface area contributed by atoms with Gasteiger partial charge in [0.2, 0.25) is 5.91 Å². The van der Waals surface area contributed by atoms with Crippen molar-refractivity contribution in [1.29, 1.82) is 0 Å². The lowest BCUT2D eigenvalue weighted by Crippen LogP contribution is -2.60. The molecule has 14 nitrogen and oxygen atoms in total. The first-order chi connectivity index (χ1) is 19.8. The van der Waals surface area contributed by atoms with Crippen LogP contribution in [-0.4, -0.2) is 92.6 Å². The highest BCUT2D eigenvalue weighted by atomic mass is 35.5. The second-order valence-electron chi connectivity index (χ2n) is 9.23. The number of aromatic carboxylic acids is 1. The second-order valence-corrected chi connectivity index (χ2v) is 9.60. The molecule has 2 aromatic rings. The summed E-state index contributed by atoms with van der Waals surface area (Å²) in [5.41, 5.74) is -1.33. The first-order valence-electron chi connectivity index (χ1n) is 12.3. The largest absolute Gasteiger partial charge is 0.547 e. The molecule has 1 saturated heterocycles. The maximum Gasteiger partial charge on any atom is 0.547 e. The zero-order valence-corrected chi connectivity index (χ0v) is 22.3. The van der Waals surface area contributed by atoms with Crippen LogP contribution < -0.4 is 15.3 Å². The van der Waals surface area contributed by atoms with Crippen molar-refractivity contribution < 1.29 is 57.8 Å². The smallest absolute Gasteiger partial charge is 0.534 e. The molecule has 0 spiro atoms. The molecule has 2 aliphatic heterocycles. The number of amides is 5. The van der Waals surface area contributed by atoms with Gasteiger partial charge in [-0.15, -0.1) is 0 Å². The molecule has 1 unspecified atom stereocenters. The Kier molecular flexibility index (Phi) is 8.44. The number of aromatic hydroxyl groups is 2. The third kappa shape index (κ3) is 5.47. The van der Waals surface area contributed by atoms with Crippen LogP contribution in [0.3, 0.4) is 0 Å². The number of carbonyl (C=O) groups is 5. The molecule has 2 heterocycles. The minimum atomic E-state index is -1.99. The van der Waals surface area contributed by atoms with Gasteiger partial charge in [0.05, 0.1) is 11.0 Å². The van der Waals surface area contributed by atoms with E-state index in [0.29, 0.717) is 11.0 Å². The summed E-state index contributed by atoms with van der Waals surface area (Å²) in [5, 5.41) is 43.3. The first-order valence-corrected chi connectivity index (χ1v) is 12.6. The number of nitrogens with one attached hydrogen (secondary N) is 2. The lowest BCUT2D eigenvalue weighted by Gasteiger charge is -2.33. The molecule has 5 amide bonds. The van der Waals surface area contributed by atoms with E-state index >= 15 is 0 Å². The summed E-state index contributed by atoms with van der Waals surface area (Å²) in [7, 11) is -1.93. The van der Waals surface area contributed by atoms with Crippen LogP contribution in [0, 0.1) is 11.6 Å². The van der Waals surface area contributed by atoms with Gasteiger partial charge in [0.1, 0.15) is 23.2 Å². The predicted octanol–water partition coefficient (Wildman–Crippen LogP) is 0.309. The van der Waals surface area contributed by atoms with Gasteiger partial charge in [0, 0.05) is 25.2 Å². The summed E-state index contributed by atoms with van der Waals surface area (Å²) >= 11 is 6.05. The first kappa shape index (κ1) is 30.3. The molecule has 2 aromatic carbocycles. The van der Waals surface area contributed by atoms with Crippen LogP contribution in [-0.2, 0) is 20.8 Å². The van der Waals surface area contributed by atoms with E-state index in [1.54, 1.807) is 6.92 Å². The minimum Gasteiger partial charge on any atom is -0.534 e. The van der Waals surface area contributed by atoms with Crippen molar-refractivity contribution in [2.45, 2.75) is 25.3 Å². The minimum absolute atomic E-state index is 0.00925. The summed E-state index contributed by atoms with van der Waals surface area (Å²) in [6.45, 7) is 1.55. The molecule has 18 heteroatoms. The van der Waals surface area contributed by atoms with E-state index in [9.17, 15) is 53.1 Å². The fraction of sp³-hybridized carbons (Fsp3) is 0.292. The van der Waals surface area contributed by atoms with Gasteiger partial charge in [0.25, 0.3) is 0 Å². The van der Waals surface area contributed by atoms with Gasteiger partial charge >= 0.3 is 30.9 Å². The van der Waals surface area contributed by atoms with Gasteiger partial charge < -0.3 is 40.5 Å². The summed E-state index contributed by atoms with van der Waals surface area (Å²) < 4.78 is 33.6. The van der Waals surface area contributed by atoms with Gasteiger partial charge in [-0.1, -0.05) is 17.7 Å². The number of carboxylic acid groups (broad SMARTS) is 1. The average Bonchev–Trinajstić information content (AvgIpc) is 2.94. The van der Waals surface area contributed by atoms with E-state index < -0.39 is 93.9 Å². The molecule has 2 aliphatic rings. The molecule has 0 radical (unpaired) electrons. The van der Waals surface area contributed by atoms with Crippen molar-refractivity contribution in [3.63, 3.8) is 0 Å². The number of fused-ring (bicyclic) bond motifs is 1. The predicted molar refractivity (Wildman–Crippen MR) is 138 cm³/mol. The molecule has 4 rings (SSSR count). The maximum absolute atomic E-state index is 14.4. The highest BCUT2D eigenvalue weighted by Gasteiger charge is 2.42. The van der Waals surface area contributed by atoms with Gasteiger partial charge in [-0.25, -0.2) is 18.4 Å².